The molecule has 24 heavy (non-hydrogen) atoms. The maximum atomic E-state index is 12.6. The molecule has 0 amide bonds. The largest absolute Gasteiger partial charge is 0.478 e. The van der Waals surface area contributed by atoms with Gasteiger partial charge in [-0.25, -0.2) is 4.79 Å². The lowest BCUT2D eigenvalue weighted by atomic mass is 9.86. The fourth-order valence-electron chi connectivity index (χ4n) is 3.13. The van der Waals surface area contributed by atoms with Gasteiger partial charge < -0.3 is 14.6 Å². The number of rotatable bonds is 3. The van der Waals surface area contributed by atoms with Crippen LogP contribution in [0.1, 0.15) is 36.9 Å². The predicted octanol–water partition coefficient (Wildman–Crippen LogP) is 2.59. The van der Waals surface area contributed by atoms with Crippen LogP contribution in [0.2, 0.25) is 0 Å². The van der Waals surface area contributed by atoms with E-state index in [1.807, 2.05) is 19.0 Å². The number of aromatic carboxylic acids is 1. The molecule has 0 radical (unpaired) electrons. The number of fused-ring (bicyclic) bond motifs is 3. The van der Waals surface area contributed by atoms with E-state index in [4.69, 9.17) is 0 Å². The Labute approximate surface area is 146 Å². The van der Waals surface area contributed by atoms with E-state index in [1.165, 1.54) is 4.57 Å². The van der Waals surface area contributed by atoms with Gasteiger partial charge in [0.05, 0.1) is 5.56 Å². The second-order valence-corrected chi connectivity index (χ2v) is 6.91. The van der Waals surface area contributed by atoms with Crippen molar-refractivity contribution >= 4 is 33.5 Å². The lowest BCUT2D eigenvalue weighted by Crippen LogP contribution is -2.24. The fourth-order valence-corrected chi connectivity index (χ4v) is 3.49. The molecule has 0 saturated heterocycles. The summed E-state index contributed by atoms with van der Waals surface area (Å²) in [7, 11) is 5.25. The highest BCUT2D eigenvalue weighted by molar-refractivity contribution is 9.10. The summed E-state index contributed by atoms with van der Waals surface area (Å²) in [5.41, 5.74) is 1.73. The van der Waals surface area contributed by atoms with E-state index in [2.05, 4.69) is 15.9 Å². The summed E-state index contributed by atoms with van der Waals surface area (Å²) < 4.78 is 2.24. The third kappa shape index (κ3) is 2.32. The number of aromatic nitrogens is 1. The molecule has 0 atom stereocenters. The van der Waals surface area contributed by atoms with Gasteiger partial charge in [0, 0.05) is 34.9 Å². The third-order valence-electron chi connectivity index (χ3n) is 4.11. The molecular weight excluding hydrogens is 376 g/mol. The number of halogens is 1. The Morgan fingerprint density at radius 3 is 2.46 bits per heavy atom. The maximum absolute atomic E-state index is 12.6. The topological polar surface area (TPSA) is 79.6 Å². The van der Waals surface area contributed by atoms with Crippen LogP contribution in [0, 0.1) is 0 Å². The molecule has 2 aromatic rings. The molecule has 0 fully saturated rings. The highest BCUT2D eigenvalue weighted by Crippen LogP contribution is 2.40. The third-order valence-corrected chi connectivity index (χ3v) is 4.61. The van der Waals surface area contributed by atoms with Crippen molar-refractivity contribution in [2.75, 3.05) is 14.1 Å². The summed E-state index contributed by atoms with van der Waals surface area (Å²) in [4.78, 5) is 38.7. The lowest BCUT2D eigenvalue weighted by Gasteiger charge is -2.16. The van der Waals surface area contributed by atoms with Crippen molar-refractivity contribution in [3.8, 4) is 11.1 Å². The number of carbonyl (C=O) groups excluding carboxylic acids is 2. The first-order valence-electron chi connectivity index (χ1n) is 7.22. The van der Waals surface area contributed by atoms with E-state index in [9.17, 15) is 19.5 Å². The van der Waals surface area contributed by atoms with Crippen LogP contribution >= 0.6 is 15.9 Å². The average Bonchev–Trinajstić information content (AvgIpc) is 2.78. The maximum Gasteiger partial charge on any atom is 0.338 e. The zero-order valence-corrected chi connectivity index (χ0v) is 15.0. The quantitative estimate of drug-likeness (QED) is 0.814. The van der Waals surface area contributed by atoms with E-state index in [-0.39, 0.29) is 16.8 Å². The number of carbonyl (C=O) groups is 3. The molecule has 0 aliphatic heterocycles. The van der Waals surface area contributed by atoms with Gasteiger partial charge in [-0.3, -0.25) is 9.59 Å². The molecule has 1 N–H and O–H groups in total. The van der Waals surface area contributed by atoms with Gasteiger partial charge in [0.25, 0.3) is 5.78 Å². The summed E-state index contributed by atoms with van der Waals surface area (Å²) >= 11 is 3.35. The van der Waals surface area contributed by atoms with Gasteiger partial charge in [-0.05, 0) is 37.9 Å². The number of ketones is 2. The minimum absolute atomic E-state index is 0.0707. The monoisotopic (exact) mass is 390 g/mol. The van der Waals surface area contributed by atoms with E-state index < -0.39 is 17.5 Å². The molecular formula is C17H15BrN2O4. The number of benzene rings is 1. The molecule has 0 unspecified atom stereocenters. The summed E-state index contributed by atoms with van der Waals surface area (Å²) in [6.45, 7) is 0.343. The van der Waals surface area contributed by atoms with E-state index in [0.717, 1.165) is 0 Å². The summed E-state index contributed by atoms with van der Waals surface area (Å²) in [6.07, 6.45) is 0. The van der Waals surface area contributed by atoms with E-state index in [0.29, 0.717) is 27.8 Å². The zero-order chi connectivity index (χ0) is 17.8. The second-order valence-electron chi connectivity index (χ2n) is 6.00. The fraction of sp³-hybridized carbons (Fsp3) is 0.235. The molecule has 1 heterocycles. The minimum atomic E-state index is -1.11. The summed E-state index contributed by atoms with van der Waals surface area (Å²) in [5, 5.41) is 9.76. The van der Waals surface area contributed by atoms with Gasteiger partial charge >= 0.3 is 5.97 Å². The van der Waals surface area contributed by atoms with Crippen LogP contribution in [0.3, 0.4) is 0 Å². The van der Waals surface area contributed by atoms with Crippen molar-refractivity contribution in [1.82, 2.24) is 9.47 Å². The molecule has 124 valence electrons. The highest BCUT2D eigenvalue weighted by Gasteiger charge is 2.38. The van der Waals surface area contributed by atoms with Crippen molar-refractivity contribution < 1.29 is 19.5 Å². The average molecular weight is 391 g/mol. The van der Waals surface area contributed by atoms with Crippen LogP contribution in [-0.2, 0) is 13.6 Å². The standard InChI is InChI=1S/C17H15BrN2O4/c1-19(2)7-11-13(17(23)24)12-10-6-8(18)4-5-9(10)15(21)16(22)14(12)20(11)3/h4-6H,7H2,1-3H3,(H,23,24). The Hall–Kier alpha value is -2.25. The van der Waals surface area contributed by atoms with Crippen molar-refractivity contribution in [1.29, 1.82) is 0 Å². The van der Waals surface area contributed by atoms with E-state index in [1.54, 1.807) is 25.2 Å². The minimum Gasteiger partial charge on any atom is -0.478 e. The molecule has 6 nitrogen and oxygen atoms in total. The first-order chi connectivity index (χ1) is 11.2. The van der Waals surface area contributed by atoms with Gasteiger partial charge in [0.15, 0.2) is 0 Å². The molecule has 0 bridgehead atoms. The van der Waals surface area contributed by atoms with Crippen molar-refractivity contribution in [3.05, 3.63) is 45.2 Å². The number of nitrogens with zero attached hydrogens (tertiary/aromatic N) is 2. The summed E-state index contributed by atoms with van der Waals surface area (Å²) in [5.74, 6) is -2.40. The van der Waals surface area contributed by atoms with Crippen LogP contribution in [0.4, 0.5) is 0 Å². The smallest absolute Gasteiger partial charge is 0.338 e. The Morgan fingerprint density at radius 1 is 1.21 bits per heavy atom. The zero-order valence-electron chi connectivity index (χ0n) is 13.4. The lowest BCUT2D eigenvalue weighted by molar-refractivity contribution is 0.0695. The summed E-state index contributed by atoms with van der Waals surface area (Å²) in [6, 6.07) is 4.90. The van der Waals surface area contributed by atoms with Crippen LogP contribution in [0.5, 0.6) is 0 Å². The first kappa shape index (κ1) is 16.6. The molecule has 1 aliphatic rings. The SMILES string of the molecule is CN(C)Cc1c(C(=O)O)c2c(n1C)C(=O)C(=O)c1ccc(Br)cc1-2. The normalized spacial score (nSPS) is 13.2. The number of carboxylic acids is 1. The van der Waals surface area contributed by atoms with Gasteiger partial charge in [-0.15, -0.1) is 0 Å². The second kappa shape index (κ2) is 5.68. The van der Waals surface area contributed by atoms with Crippen LogP contribution < -0.4 is 0 Å². The Balaban J connectivity index is 2.45. The van der Waals surface area contributed by atoms with Crippen LogP contribution in [0.25, 0.3) is 11.1 Å². The van der Waals surface area contributed by atoms with Crippen molar-refractivity contribution in [2.45, 2.75) is 6.54 Å². The van der Waals surface area contributed by atoms with E-state index >= 15 is 0 Å². The molecule has 7 heteroatoms. The molecule has 0 spiro atoms. The van der Waals surface area contributed by atoms with Crippen molar-refractivity contribution in [2.24, 2.45) is 7.05 Å². The van der Waals surface area contributed by atoms with Crippen LogP contribution in [-0.4, -0.2) is 46.2 Å². The predicted molar refractivity (Wildman–Crippen MR) is 91.6 cm³/mol. The van der Waals surface area contributed by atoms with Crippen LogP contribution in [0.15, 0.2) is 22.7 Å². The Bertz CT molecular complexity index is 912. The van der Waals surface area contributed by atoms with Gasteiger partial charge in [-0.1, -0.05) is 15.9 Å². The Kier molecular flexibility index (Phi) is 3.93. The Morgan fingerprint density at radius 2 is 1.88 bits per heavy atom. The molecule has 1 aliphatic carbocycles. The number of Topliss-reactive ketones (excluding diaryl/α,β-unsaturated/α-hetero) is 2. The first-order valence-corrected chi connectivity index (χ1v) is 8.01. The number of carboxylic acid groups (broad SMARTS) is 1. The highest BCUT2D eigenvalue weighted by atomic mass is 79.9. The van der Waals surface area contributed by atoms with Crippen molar-refractivity contribution in [3.63, 3.8) is 0 Å². The number of hydrogen-bond donors (Lipinski definition) is 1. The van der Waals surface area contributed by atoms with Gasteiger partial charge in [0.2, 0.25) is 5.78 Å². The van der Waals surface area contributed by atoms with Gasteiger partial charge in [-0.2, -0.15) is 0 Å². The molecule has 3 rings (SSSR count). The molecule has 0 saturated carbocycles. The molecule has 1 aromatic heterocycles. The number of hydrogen-bond acceptors (Lipinski definition) is 4. The van der Waals surface area contributed by atoms with Gasteiger partial charge in [0.1, 0.15) is 5.69 Å². The molecule has 1 aromatic carbocycles.